The Kier molecular flexibility index (Phi) is 2.82. The quantitative estimate of drug-likeness (QED) is 0.835. The molecule has 0 aliphatic rings. The molecule has 2 nitrogen and oxygen atoms in total. The average molecular weight is 214 g/mol. The standard InChI is InChI=1S/C12H10N2S/c13-7-9-2-1-3-10(6-9)12(14)11-4-5-15-8-11/h1-6,8,12H,14H2/t12-/m0/s1. The minimum absolute atomic E-state index is 0.135. The number of hydrogen-bond acceptors (Lipinski definition) is 3. The SMILES string of the molecule is N#Cc1cccc([C@H](N)c2ccsc2)c1. The lowest BCUT2D eigenvalue weighted by Gasteiger charge is -2.10. The first-order chi connectivity index (χ1) is 7.31. The van der Waals surface area contributed by atoms with E-state index in [9.17, 15) is 0 Å². The van der Waals surface area contributed by atoms with Gasteiger partial charge in [-0.25, -0.2) is 0 Å². The van der Waals surface area contributed by atoms with Crippen molar-refractivity contribution in [2.45, 2.75) is 6.04 Å². The molecule has 0 radical (unpaired) electrons. The third-order valence-corrected chi connectivity index (χ3v) is 2.98. The Morgan fingerprint density at radius 3 is 2.80 bits per heavy atom. The zero-order chi connectivity index (χ0) is 10.7. The zero-order valence-corrected chi connectivity index (χ0v) is 8.87. The van der Waals surface area contributed by atoms with Gasteiger partial charge < -0.3 is 5.73 Å². The predicted octanol–water partition coefficient (Wildman–Crippen LogP) is 2.67. The predicted molar refractivity (Wildman–Crippen MR) is 61.5 cm³/mol. The number of nitriles is 1. The summed E-state index contributed by atoms with van der Waals surface area (Å²) in [6.45, 7) is 0. The molecule has 2 aromatic rings. The molecule has 0 saturated heterocycles. The molecule has 0 saturated carbocycles. The van der Waals surface area contributed by atoms with Crippen LogP contribution in [0.25, 0.3) is 0 Å². The van der Waals surface area contributed by atoms with Crippen LogP contribution in [-0.4, -0.2) is 0 Å². The molecule has 1 aromatic heterocycles. The fourth-order valence-electron chi connectivity index (χ4n) is 1.45. The number of benzene rings is 1. The Labute approximate surface area is 92.6 Å². The third-order valence-electron chi connectivity index (χ3n) is 2.28. The van der Waals surface area contributed by atoms with Crippen molar-refractivity contribution >= 4 is 11.3 Å². The molecule has 2 rings (SSSR count). The average Bonchev–Trinajstić information content (AvgIpc) is 2.81. The monoisotopic (exact) mass is 214 g/mol. The van der Waals surface area contributed by atoms with Crippen molar-refractivity contribution in [3.8, 4) is 6.07 Å². The lowest BCUT2D eigenvalue weighted by Crippen LogP contribution is -2.10. The molecular weight excluding hydrogens is 204 g/mol. The Balaban J connectivity index is 2.34. The van der Waals surface area contributed by atoms with Gasteiger partial charge in [-0.3, -0.25) is 0 Å². The summed E-state index contributed by atoms with van der Waals surface area (Å²) in [5, 5.41) is 12.8. The van der Waals surface area contributed by atoms with Crippen LogP contribution in [0.3, 0.4) is 0 Å². The third kappa shape index (κ3) is 2.07. The van der Waals surface area contributed by atoms with Gasteiger partial charge >= 0.3 is 0 Å². The van der Waals surface area contributed by atoms with E-state index in [1.54, 1.807) is 17.4 Å². The highest BCUT2D eigenvalue weighted by Crippen LogP contribution is 2.22. The first-order valence-electron chi connectivity index (χ1n) is 4.59. The van der Waals surface area contributed by atoms with Crippen LogP contribution >= 0.6 is 11.3 Å². The largest absolute Gasteiger partial charge is 0.320 e. The molecule has 0 aliphatic carbocycles. The van der Waals surface area contributed by atoms with E-state index in [4.69, 9.17) is 11.0 Å². The molecular formula is C12H10N2S. The first kappa shape index (κ1) is 9.91. The van der Waals surface area contributed by atoms with E-state index < -0.39 is 0 Å². The van der Waals surface area contributed by atoms with E-state index in [1.807, 2.05) is 35.0 Å². The van der Waals surface area contributed by atoms with Crippen molar-refractivity contribution < 1.29 is 0 Å². The van der Waals surface area contributed by atoms with Gasteiger partial charge in [0.25, 0.3) is 0 Å². The van der Waals surface area contributed by atoms with E-state index in [0.717, 1.165) is 11.1 Å². The topological polar surface area (TPSA) is 49.8 Å². The fourth-order valence-corrected chi connectivity index (χ4v) is 2.14. The van der Waals surface area contributed by atoms with E-state index in [2.05, 4.69) is 6.07 Å². The van der Waals surface area contributed by atoms with E-state index in [-0.39, 0.29) is 6.04 Å². The number of rotatable bonds is 2. The molecule has 0 amide bonds. The summed E-state index contributed by atoms with van der Waals surface area (Å²) >= 11 is 1.63. The summed E-state index contributed by atoms with van der Waals surface area (Å²) in [6, 6.07) is 11.4. The van der Waals surface area contributed by atoms with Crippen LogP contribution in [0.2, 0.25) is 0 Å². The fraction of sp³-hybridized carbons (Fsp3) is 0.0833. The molecule has 1 atom stereocenters. The molecule has 0 bridgehead atoms. The zero-order valence-electron chi connectivity index (χ0n) is 8.05. The Hall–Kier alpha value is -1.63. The molecule has 74 valence electrons. The smallest absolute Gasteiger partial charge is 0.0991 e. The van der Waals surface area contributed by atoms with Gasteiger partial charge in [-0.1, -0.05) is 12.1 Å². The summed E-state index contributed by atoms with van der Waals surface area (Å²) in [6.07, 6.45) is 0. The normalized spacial score (nSPS) is 12.0. The Bertz CT molecular complexity index is 483. The van der Waals surface area contributed by atoms with Crippen molar-refractivity contribution in [3.63, 3.8) is 0 Å². The molecule has 0 spiro atoms. The second-order valence-electron chi connectivity index (χ2n) is 3.27. The van der Waals surface area contributed by atoms with Crippen molar-refractivity contribution in [1.29, 1.82) is 5.26 Å². The molecule has 0 fully saturated rings. The van der Waals surface area contributed by atoms with Crippen molar-refractivity contribution in [3.05, 3.63) is 57.8 Å². The van der Waals surface area contributed by atoms with Gasteiger partial charge in [0.15, 0.2) is 0 Å². The van der Waals surface area contributed by atoms with Gasteiger partial charge in [0.05, 0.1) is 17.7 Å². The van der Waals surface area contributed by atoms with Crippen LogP contribution < -0.4 is 5.73 Å². The maximum atomic E-state index is 8.79. The summed E-state index contributed by atoms with van der Waals surface area (Å²) < 4.78 is 0. The second kappa shape index (κ2) is 4.26. The Morgan fingerprint density at radius 1 is 1.27 bits per heavy atom. The van der Waals surface area contributed by atoms with E-state index in [0.29, 0.717) is 5.56 Å². The van der Waals surface area contributed by atoms with Crippen LogP contribution in [0.15, 0.2) is 41.1 Å². The van der Waals surface area contributed by atoms with Gasteiger partial charge in [0.2, 0.25) is 0 Å². The van der Waals surface area contributed by atoms with Gasteiger partial charge in [0.1, 0.15) is 0 Å². The molecule has 0 unspecified atom stereocenters. The molecule has 1 aromatic carbocycles. The van der Waals surface area contributed by atoms with Crippen molar-refractivity contribution in [1.82, 2.24) is 0 Å². The highest BCUT2D eigenvalue weighted by atomic mass is 32.1. The summed E-state index contributed by atoms with van der Waals surface area (Å²) in [7, 11) is 0. The molecule has 15 heavy (non-hydrogen) atoms. The highest BCUT2D eigenvalue weighted by molar-refractivity contribution is 7.08. The minimum Gasteiger partial charge on any atom is -0.320 e. The minimum atomic E-state index is -0.135. The lowest BCUT2D eigenvalue weighted by atomic mass is 10.0. The van der Waals surface area contributed by atoms with Gasteiger partial charge in [0, 0.05) is 0 Å². The molecule has 2 N–H and O–H groups in total. The van der Waals surface area contributed by atoms with Gasteiger partial charge in [-0.2, -0.15) is 16.6 Å². The van der Waals surface area contributed by atoms with Gasteiger partial charge in [-0.15, -0.1) is 0 Å². The van der Waals surface area contributed by atoms with Gasteiger partial charge in [-0.05, 0) is 40.1 Å². The number of thiophene rings is 1. The lowest BCUT2D eigenvalue weighted by molar-refractivity contribution is 0.876. The summed E-state index contributed by atoms with van der Waals surface area (Å²) in [5.74, 6) is 0. The number of nitrogens with zero attached hydrogens (tertiary/aromatic N) is 1. The summed E-state index contributed by atoms with van der Waals surface area (Å²) in [4.78, 5) is 0. The Morgan fingerprint density at radius 2 is 2.13 bits per heavy atom. The maximum Gasteiger partial charge on any atom is 0.0991 e. The number of nitrogens with two attached hydrogens (primary N) is 1. The van der Waals surface area contributed by atoms with Crippen LogP contribution in [0.4, 0.5) is 0 Å². The van der Waals surface area contributed by atoms with Crippen LogP contribution in [-0.2, 0) is 0 Å². The number of hydrogen-bond donors (Lipinski definition) is 1. The first-order valence-corrected chi connectivity index (χ1v) is 5.53. The van der Waals surface area contributed by atoms with Crippen molar-refractivity contribution in [2.75, 3.05) is 0 Å². The van der Waals surface area contributed by atoms with Crippen LogP contribution in [0.5, 0.6) is 0 Å². The van der Waals surface area contributed by atoms with Crippen molar-refractivity contribution in [2.24, 2.45) is 5.73 Å². The van der Waals surface area contributed by atoms with E-state index in [1.165, 1.54) is 0 Å². The maximum absolute atomic E-state index is 8.79. The van der Waals surface area contributed by atoms with Crippen LogP contribution in [0.1, 0.15) is 22.7 Å². The molecule has 0 aliphatic heterocycles. The molecule has 1 heterocycles. The second-order valence-corrected chi connectivity index (χ2v) is 4.05. The van der Waals surface area contributed by atoms with E-state index >= 15 is 0 Å². The highest BCUT2D eigenvalue weighted by Gasteiger charge is 2.09. The molecule has 3 heteroatoms. The summed E-state index contributed by atoms with van der Waals surface area (Å²) in [5.41, 5.74) is 8.80. The van der Waals surface area contributed by atoms with Crippen LogP contribution in [0, 0.1) is 11.3 Å².